The zero-order valence-electron chi connectivity index (χ0n) is 18.1. The highest BCUT2D eigenvalue weighted by atomic mass is 16.5. The molecule has 2 aromatic heterocycles. The average Bonchev–Trinajstić information content (AvgIpc) is 2.92. The second-order valence-corrected chi connectivity index (χ2v) is 8.63. The minimum atomic E-state index is -0.510. The topological polar surface area (TPSA) is 80.2 Å². The maximum atomic E-state index is 13.4. The number of pyridine rings is 1. The molecule has 1 unspecified atom stereocenters. The van der Waals surface area contributed by atoms with Crippen LogP contribution in [-0.4, -0.2) is 44.4 Å². The minimum Gasteiger partial charge on any atom is -0.492 e. The number of hydrogen-bond donors (Lipinski definition) is 1. The quantitative estimate of drug-likeness (QED) is 0.701. The smallest absolute Gasteiger partial charge is 0.242 e. The molecule has 0 saturated carbocycles. The van der Waals surface area contributed by atoms with Gasteiger partial charge in [0, 0.05) is 48.3 Å². The van der Waals surface area contributed by atoms with Gasteiger partial charge in [0.25, 0.3) is 0 Å². The highest BCUT2D eigenvalue weighted by Crippen LogP contribution is 2.34. The second kappa shape index (κ2) is 8.81. The van der Waals surface area contributed by atoms with Gasteiger partial charge in [-0.2, -0.15) is 0 Å². The predicted molar refractivity (Wildman–Crippen MR) is 118 cm³/mol. The van der Waals surface area contributed by atoms with Crippen molar-refractivity contribution < 1.29 is 9.53 Å². The first-order valence-corrected chi connectivity index (χ1v) is 10.4. The van der Waals surface area contributed by atoms with Gasteiger partial charge in [0.15, 0.2) is 0 Å². The zero-order chi connectivity index (χ0) is 21.8. The van der Waals surface area contributed by atoms with Crippen LogP contribution in [0.1, 0.15) is 37.9 Å². The number of benzene rings is 1. The van der Waals surface area contributed by atoms with Crippen LogP contribution in [0.15, 0.2) is 61.3 Å². The summed E-state index contributed by atoms with van der Waals surface area (Å²) < 4.78 is 5.96. The molecule has 0 radical (unpaired) electrons. The molecule has 31 heavy (non-hydrogen) atoms. The van der Waals surface area contributed by atoms with E-state index in [0.717, 1.165) is 22.4 Å². The fourth-order valence-electron chi connectivity index (χ4n) is 3.82. The number of fused-ring (bicyclic) bond motifs is 1. The highest BCUT2D eigenvalue weighted by molar-refractivity contribution is 5.84. The van der Waals surface area contributed by atoms with Gasteiger partial charge in [0.05, 0.1) is 5.69 Å². The molecule has 3 heterocycles. The Morgan fingerprint density at radius 3 is 2.74 bits per heavy atom. The van der Waals surface area contributed by atoms with Crippen molar-refractivity contribution in [3.63, 3.8) is 0 Å². The van der Waals surface area contributed by atoms with Crippen LogP contribution in [-0.2, 0) is 11.3 Å². The molecule has 7 heteroatoms. The highest BCUT2D eigenvalue weighted by Gasteiger charge is 2.34. The Bertz CT molecular complexity index is 1050. The van der Waals surface area contributed by atoms with E-state index in [1.165, 1.54) is 0 Å². The van der Waals surface area contributed by atoms with E-state index in [9.17, 15) is 4.79 Å². The van der Waals surface area contributed by atoms with Gasteiger partial charge in [0.1, 0.15) is 24.7 Å². The Balaban J connectivity index is 1.72. The van der Waals surface area contributed by atoms with E-state index in [1.807, 2.05) is 51.1 Å². The normalized spacial score (nSPS) is 16.7. The van der Waals surface area contributed by atoms with Gasteiger partial charge in [-0.3, -0.25) is 14.7 Å². The first-order chi connectivity index (χ1) is 14.9. The van der Waals surface area contributed by atoms with Gasteiger partial charge in [0.2, 0.25) is 5.91 Å². The molecule has 4 rings (SSSR count). The lowest BCUT2D eigenvalue weighted by Gasteiger charge is -2.32. The van der Waals surface area contributed by atoms with E-state index in [-0.39, 0.29) is 11.4 Å². The largest absolute Gasteiger partial charge is 0.492 e. The summed E-state index contributed by atoms with van der Waals surface area (Å²) in [5, 5.41) is 3.14. The Kier molecular flexibility index (Phi) is 5.95. The van der Waals surface area contributed by atoms with Crippen LogP contribution in [0.2, 0.25) is 0 Å². The number of hydrogen-bond acceptors (Lipinski definition) is 6. The molecule has 1 aromatic carbocycles. The van der Waals surface area contributed by atoms with Crippen molar-refractivity contribution in [2.24, 2.45) is 0 Å². The van der Waals surface area contributed by atoms with Crippen molar-refractivity contribution in [1.82, 2.24) is 25.2 Å². The first-order valence-electron chi connectivity index (χ1n) is 10.4. The van der Waals surface area contributed by atoms with E-state index >= 15 is 0 Å². The summed E-state index contributed by atoms with van der Waals surface area (Å²) in [6, 6.07) is 11.3. The fraction of sp³-hybridized carbons (Fsp3) is 0.333. The summed E-state index contributed by atoms with van der Waals surface area (Å²) in [5.41, 5.74) is 3.39. The molecule has 1 N–H and O–H groups in total. The third-order valence-corrected chi connectivity index (χ3v) is 5.10. The molecule has 0 fully saturated rings. The number of nitrogens with one attached hydrogen (secondary N) is 1. The number of nitrogens with zero attached hydrogens (tertiary/aromatic N) is 4. The van der Waals surface area contributed by atoms with Crippen LogP contribution in [0, 0.1) is 0 Å². The number of carbonyl (C=O) groups excluding carboxylic acids is 1. The third kappa shape index (κ3) is 4.88. The predicted octanol–water partition coefficient (Wildman–Crippen LogP) is 3.39. The number of ether oxygens (including phenoxy) is 1. The van der Waals surface area contributed by atoms with Crippen LogP contribution < -0.4 is 10.1 Å². The molecule has 1 aliphatic rings. The van der Waals surface area contributed by atoms with Gasteiger partial charge in [-0.1, -0.05) is 24.3 Å². The average molecular weight is 418 g/mol. The molecule has 1 amide bonds. The summed E-state index contributed by atoms with van der Waals surface area (Å²) in [6.07, 6.45) is 6.71. The molecule has 3 aromatic rings. The van der Waals surface area contributed by atoms with Crippen LogP contribution >= 0.6 is 0 Å². The fourth-order valence-corrected chi connectivity index (χ4v) is 3.82. The van der Waals surface area contributed by atoms with Gasteiger partial charge in [-0.25, -0.2) is 9.97 Å². The third-order valence-electron chi connectivity index (χ3n) is 5.10. The number of rotatable bonds is 4. The standard InChI is InChI=1S/C24H27N5O2/c1-24(2,3)28-23(30)22-19-14-25-11-9-21(19)31-13-12-29(22)15-17-6-4-5-7-18(17)20-8-10-26-16-27-20/h4-11,14,16,22H,12-13,15H2,1-3H3,(H,28,30). The molecule has 1 atom stereocenters. The molecular formula is C24H27N5O2. The summed E-state index contributed by atoms with van der Waals surface area (Å²) in [7, 11) is 0. The molecule has 0 aliphatic carbocycles. The number of aromatic nitrogens is 3. The second-order valence-electron chi connectivity index (χ2n) is 8.63. The molecule has 7 nitrogen and oxygen atoms in total. The maximum Gasteiger partial charge on any atom is 0.242 e. The van der Waals surface area contributed by atoms with Gasteiger partial charge >= 0.3 is 0 Å². The van der Waals surface area contributed by atoms with E-state index < -0.39 is 6.04 Å². The molecule has 0 spiro atoms. The maximum absolute atomic E-state index is 13.4. The Morgan fingerprint density at radius 1 is 1.16 bits per heavy atom. The Labute approximate surface area is 182 Å². The minimum absolute atomic E-state index is 0.0632. The summed E-state index contributed by atoms with van der Waals surface area (Å²) in [6.45, 7) is 7.62. The van der Waals surface area contributed by atoms with Crippen molar-refractivity contribution in [3.8, 4) is 17.0 Å². The van der Waals surface area contributed by atoms with Crippen molar-refractivity contribution in [1.29, 1.82) is 0 Å². The number of amides is 1. The monoisotopic (exact) mass is 417 g/mol. The van der Waals surface area contributed by atoms with Gasteiger partial charge in [-0.05, 0) is 38.5 Å². The molecule has 0 saturated heterocycles. The summed E-state index contributed by atoms with van der Waals surface area (Å²) >= 11 is 0. The van der Waals surface area contributed by atoms with E-state index in [0.29, 0.717) is 25.4 Å². The first kappa shape index (κ1) is 20.9. The lowest BCUT2D eigenvalue weighted by Crippen LogP contribution is -2.47. The van der Waals surface area contributed by atoms with Crippen molar-refractivity contribution >= 4 is 5.91 Å². The zero-order valence-corrected chi connectivity index (χ0v) is 18.1. The van der Waals surface area contributed by atoms with E-state index in [1.54, 1.807) is 24.9 Å². The van der Waals surface area contributed by atoms with Crippen LogP contribution in [0.4, 0.5) is 0 Å². The molecule has 0 bridgehead atoms. The van der Waals surface area contributed by atoms with Gasteiger partial charge in [-0.15, -0.1) is 0 Å². The molecule has 160 valence electrons. The lowest BCUT2D eigenvalue weighted by atomic mass is 10.00. The van der Waals surface area contributed by atoms with Crippen LogP contribution in [0.5, 0.6) is 5.75 Å². The Hall–Kier alpha value is -3.32. The summed E-state index contributed by atoms with van der Waals surface area (Å²) in [4.78, 5) is 28.3. The number of carbonyl (C=O) groups is 1. The Morgan fingerprint density at radius 2 is 1.97 bits per heavy atom. The molecular weight excluding hydrogens is 390 g/mol. The van der Waals surface area contributed by atoms with Crippen LogP contribution in [0.3, 0.4) is 0 Å². The summed E-state index contributed by atoms with van der Waals surface area (Å²) in [5.74, 6) is 0.641. The van der Waals surface area contributed by atoms with Crippen LogP contribution in [0.25, 0.3) is 11.3 Å². The van der Waals surface area contributed by atoms with Crippen molar-refractivity contribution in [3.05, 3.63) is 72.4 Å². The van der Waals surface area contributed by atoms with Crippen molar-refractivity contribution in [2.75, 3.05) is 13.2 Å². The van der Waals surface area contributed by atoms with E-state index in [4.69, 9.17) is 4.74 Å². The SMILES string of the molecule is CC(C)(C)NC(=O)C1c2cnccc2OCCN1Cc1ccccc1-c1ccncn1. The lowest BCUT2D eigenvalue weighted by molar-refractivity contribution is -0.128. The van der Waals surface area contributed by atoms with Gasteiger partial charge < -0.3 is 10.1 Å². The van der Waals surface area contributed by atoms with Crippen molar-refractivity contribution in [2.45, 2.75) is 38.9 Å². The molecule has 1 aliphatic heterocycles. The van der Waals surface area contributed by atoms with E-state index in [2.05, 4.69) is 31.2 Å².